The van der Waals surface area contributed by atoms with Crippen molar-refractivity contribution in [1.82, 2.24) is 0 Å². The Kier molecular flexibility index (Phi) is 4.11. The minimum absolute atomic E-state index is 0.243. The lowest BCUT2D eigenvalue weighted by Crippen LogP contribution is -2.17. The van der Waals surface area contributed by atoms with Crippen molar-refractivity contribution >= 4 is 27.0 Å². The SMILES string of the molecule is Cc1cc(C)c(C(=O)CS(=O)(=O)c2cccs2)cc1C. The first-order valence-corrected chi connectivity index (χ1v) is 8.72. The first-order chi connectivity index (χ1) is 9.31. The Labute approximate surface area is 123 Å². The first-order valence-electron chi connectivity index (χ1n) is 6.18. The molecule has 106 valence electrons. The Balaban J connectivity index is 2.32. The summed E-state index contributed by atoms with van der Waals surface area (Å²) < 4.78 is 24.5. The van der Waals surface area contributed by atoms with Gasteiger partial charge in [0, 0.05) is 5.56 Å². The topological polar surface area (TPSA) is 51.2 Å². The van der Waals surface area contributed by atoms with Crippen LogP contribution in [0.1, 0.15) is 27.0 Å². The van der Waals surface area contributed by atoms with E-state index in [0.717, 1.165) is 28.0 Å². The maximum atomic E-state index is 12.3. The van der Waals surface area contributed by atoms with Crippen molar-refractivity contribution in [2.75, 3.05) is 5.75 Å². The van der Waals surface area contributed by atoms with Gasteiger partial charge in [-0.3, -0.25) is 4.79 Å². The molecule has 0 aliphatic carbocycles. The predicted molar refractivity (Wildman–Crippen MR) is 81.4 cm³/mol. The van der Waals surface area contributed by atoms with Gasteiger partial charge >= 0.3 is 0 Å². The zero-order valence-electron chi connectivity index (χ0n) is 11.6. The highest BCUT2D eigenvalue weighted by Crippen LogP contribution is 2.21. The average Bonchev–Trinajstić information content (AvgIpc) is 2.87. The molecule has 1 aromatic carbocycles. The number of Topliss-reactive ketones (excluding diaryl/α,β-unsaturated/α-hetero) is 1. The third-order valence-corrected chi connectivity index (χ3v) is 6.37. The van der Waals surface area contributed by atoms with E-state index in [4.69, 9.17) is 0 Å². The molecule has 0 bridgehead atoms. The standard InChI is InChI=1S/C15H16O3S2/c1-10-7-12(3)13(8-11(10)2)14(16)9-20(17,18)15-5-4-6-19-15/h4-8H,9H2,1-3H3. The van der Waals surface area contributed by atoms with Gasteiger partial charge in [-0.1, -0.05) is 12.1 Å². The van der Waals surface area contributed by atoms with Crippen LogP contribution in [-0.2, 0) is 9.84 Å². The number of rotatable bonds is 4. The predicted octanol–water partition coefficient (Wildman–Crippen LogP) is 3.33. The van der Waals surface area contributed by atoms with Crippen LogP contribution in [-0.4, -0.2) is 20.0 Å². The zero-order valence-corrected chi connectivity index (χ0v) is 13.3. The molecule has 20 heavy (non-hydrogen) atoms. The fourth-order valence-corrected chi connectivity index (χ4v) is 4.33. The van der Waals surface area contributed by atoms with Gasteiger partial charge in [0.15, 0.2) is 15.6 Å². The smallest absolute Gasteiger partial charge is 0.195 e. The average molecular weight is 308 g/mol. The van der Waals surface area contributed by atoms with E-state index in [0.29, 0.717) is 5.56 Å². The van der Waals surface area contributed by atoms with Gasteiger partial charge in [-0.15, -0.1) is 11.3 Å². The molecule has 5 heteroatoms. The van der Waals surface area contributed by atoms with Crippen LogP contribution < -0.4 is 0 Å². The summed E-state index contributed by atoms with van der Waals surface area (Å²) in [7, 11) is -3.54. The summed E-state index contributed by atoms with van der Waals surface area (Å²) in [6, 6.07) is 6.89. The minimum Gasteiger partial charge on any atom is -0.293 e. The third-order valence-electron chi connectivity index (χ3n) is 3.26. The molecule has 2 rings (SSSR count). The van der Waals surface area contributed by atoms with Gasteiger partial charge in [-0.05, 0) is 55.0 Å². The van der Waals surface area contributed by atoms with Gasteiger partial charge in [-0.2, -0.15) is 0 Å². The Morgan fingerprint density at radius 3 is 2.35 bits per heavy atom. The fraction of sp³-hybridized carbons (Fsp3) is 0.267. The van der Waals surface area contributed by atoms with Crippen molar-refractivity contribution < 1.29 is 13.2 Å². The number of aryl methyl sites for hydroxylation is 3. The number of hydrogen-bond donors (Lipinski definition) is 0. The Bertz CT molecular complexity index is 742. The number of carbonyl (C=O) groups is 1. The van der Waals surface area contributed by atoms with Crippen LogP contribution in [0.25, 0.3) is 0 Å². The summed E-state index contributed by atoms with van der Waals surface area (Å²) in [5.41, 5.74) is 3.40. The van der Waals surface area contributed by atoms with Crippen LogP contribution in [0.15, 0.2) is 33.9 Å². The van der Waals surface area contributed by atoms with Crippen molar-refractivity contribution in [2.45, 2.75) is 25.0 Å². The molecule has 0 unspecified atom stereocenters. The van der Waals surface area contributed by atoms with E-state index in [1.54, 1.807) is 17.5 Å². The van der Waals surface area contributed by atoms with Crippen LogP contribution in [0.4, 0.5) is 0 Å². The van der Waals surface area contributed by atoms with Gasteiger partial charge in [0.05, 0.1) is 0 Å². The first kappa shape index (κ1) is 14.9. The number of thiophene rings is 1. The van der Waals surface area contributed by atoms with Crippen LogP contribution in [0.2, 0.25) is 0 Å². The lowest BCUT2D eigenvalue weighted by atomic mass is 9.99. The molecular weight excluding hydrogens is 292 g/mol. The van der Waals surface area contributed by atoms with E-state index in [1.165, 1.54) is 6.07 Å². The van der Waals surface area contributed by atoms with Crippen molar-refractivity contribution in [3.63, 3.8) is 0 Å². The molecule has 0 N–H and O–H groups in total. The minimum atomic E-state index is -3.54. The highest BCUT2D eigenvalue weighted by Gasteiger charge is 2.22. The molecule has 0 atom stereocenters. The molecule has 1 aromatic heterocycles. The van der Waals surface area contributed by atoms with Crippen LogP contribution in [0.3, 0.4) is 0 Å². The molecule has 1 heterocycles. The Morgan fingerprint density at radius 2 is 1.75 bits per heavy atom. The molecule has 0 saturated heterocycles. The van der Waals surface area contributed by atoms with E-state index < -0.39 is 15.6 Å². The Morgan fingerprint density at radius 1 is 1.10 bits per heavy atom. The third kappa shape index (κ3) is 2.99. The van der Waals surface area contributed by atoms with Gasteiger partial charge in [0.2, 0.25) is 0 Å². The van der Waals surface area contributed by atoms with E-state index >= 15 is 0 Å². The number of benzene rings is 1. The number of ketones is 1. The number of hydrogen-bond acceptors (Lipinski definition) is 4. The summed E-state index contributed by atoms with van der Waals surface area (Å²) >= 11 is 1.14. The van der Waals surface area contributed by atoms with Crippen molar-refractivity contribution in [1.29, 1.82) is 0 Å². The van der Waals surface area contributed by atoms with Crippen molar-refractivity contribution in [3.8, 4) is 0 Å². The van der Waals surface area contributed by atoms with Crippen molar-refractivity contribution in [2.24, 2.45) is 0 Å². The summed E-state index contributed by atoms with van der Waals surface area (Å²) in [6.07, 6.45) is 0. The van der Waals surface area contributed by atoms with E-state index in [1.807, 2.05) is 26.8 Å². The molecule has 0 spiro atoms. The second-order valence-corrected chi connectivity index (χ2v) is 8.03. The maximum Gasteiger partial charge on any atom is 0.195 e. The summed E-state index contributed by atoms with van der Waals surface area (Å²) in [6.45, 7) is 5.72. The highest BCUT2D eigenvalue weighted by atomic mass is 32.2. The summed E-state index contributed by atoms with van der Waals surface area (Å²) in [4.78, 5) is 12.3. The lowest BCUT2D eigenvalue weighted by molar-refractivity contribution is 0.102. The number of carbonyl (C=O) groups excluding carboxylic acids is 1. The lowest BCUT2D eigenvalue weighted by Gasteiger charge is -2.09. The van der Waals surface area contributed by atoms with Gasteiger partial charge in [0.25, 0.3) is 0 Å². The van der Waals surface area contributed by atoms with Crippen LogP contribution in [0, 0.1) is 20.8 Å². The second kappa shape index (κ2) is 5.50. The van der Waals surface area contributed by atoms with Crippen LogP contribution >= 0.6 is 11.3 Å². The van der Waals surface area contributed by atoms with E-state index in [2.05, 4.69) is 0 Å². The van der Waals surface area contributed by atoms with Gasteiger partial charge < -0.3 is 0 Å². The van der Waals surface area contributed by atoms with Gasteiger partial charge in [0.1, 0.15) is 9.96 Å². The molecule has 0 amide bonds. The molecule has 0 saturated carbocycles. The fourth-order valence-electron chi connectivity index (χ4n) is 2.02. The normalized spacial score (nSPS) is 11.6. The Hall–Kier alpha value is -1.46. The molecule has 0 aliphatic heterocycles. The van der Waals surface area contributed by atoms with Crippen LogP contribution in [0.5, 0.6) is 0 Å². The molecule has 0 radical (unpaired) electrons. The highest BCUT2D eigenvalue weighted by molar-refractivity contribution is 7.94. The molecule has 2 aromatic rings. The molecule has 0 fully saturated rings. The van der Waals surface area contributed by atoms with E-state index in [-0.39, 0.29) is 9.99 Å². The quantitative estimate of drug-likeness (QED) is 0.814. The van der Waals surface area contributed by atoms with E-state index in [9.17, 15) is 13.2 Å². The number of sulfone groups is 1. The summed E-state index contributed by atoms with van der Waals surface area (Å²) in [5.74, 6) is -0.823. The zero-order chi connectivity index (χ0) is 14.9. The molecule has 3 nitrogen and oxygen atoms in total. The maximum absolute atomic E-state index is 12.3. The second-order valence-electron chi connectivity index (χ2n) is 4.87. The molecular formula is C15H16O3S2. The largest absolute Gasteiger partial charge is 0.293 e. The van der Waals surface area contributed by atoms with Crippen molar-refractivity contribution in [3.05, 3.63) is 51.9 Å². The molecule has 0 aliphatic rings. The van der Waals surface area contributed by atoms with Gasteiger partial charge in [-0.25, -0.2) is 8.42 Å². The monoisotopic (exact) mass is 308 g/mol. The summed E-state index contributed by atoms with van der Waals surface area (Å²) in [5, 5.41) is 1.69.